The van der Waals surface area contributed by atoms with Crippen molar-refractivity contribution in [3.63, 3.8) is 0 Å². The maximum atomic E-state index is 11.9. The van der Waals surface area contributed by atoms with Crippen molar-refractivity contribution in [2.24, 2.45) is 11.8 Å². The minimum absolute atomic E-state index is 0.330. The molecular weight excluding hydrogens is 250 g/mol. The van der Waals surface area contributed by atoms with Crippen molar-refractivity contribution in [2.75, 3.05) is 6.61 Å². The van der Waals surface area contributed by atoms with Crippen molar-refractivity contribution in [3.8, 4) is 0 Å². The van der Waals surface area contributed by atoms with Gasteiger partial charge in [-0.25, -0.2) is 0 Å². The lowest BCUT2D eigenvalue weighted by atomic mass is 9.80. The van der Waals surface area contributed by atoms with Crippen molar-refractivity contribution in [2.45, 2.75) is 51.4 Å². The minimum Gasteiger partial charge on any atom is -0.396 e. The van der Waals surface area contributed by atoms with Crippen LogP contribution in [-0.4, -0.2) is 22.5 Å². The second-order valence-electron chi connectivity index (χ2n) is 6.01. The van der Waals surface area contributed by atoms with Crippen molar-refractivity contribution in [3.05, 3.63) is 30.1 Å². The number of aromatic nitrogens is 1. The number of hydrogen-bond acceptors (Lipinski definition) is 3. The lowest BCUT2D eigenvalue weighted by Gasteiger charge is -2.27. The quantitative estimate of drug-likeness (QED) is 0.831. The third-order valence-electron chi connectivity index (χ3n) is 4.47. The molecule has 0 spiro atoms. The predicted octanol–water partition coefficient (Wildman–Crippen LogP) is 3.16. The van der Waals surface area contributed by atoms with E-state index in [0.717, 1.165) is 31.2 Å². The largest absolute Gasteiger partial charge is 0.396 e. The number of carbonyl (C=O) groups excluding carboxylic acids is 1. The van der Waals surface area contributed by atoms with Gasteiger partial charge in [0.25, 0.3) is 0 Å². The van der Waals surface area contributed by atoms with E-state index in [1.54, 1.807) is 6.20 Å². The molecule has 0 saturated heterocycles. The molecule has 1 heterocycles. The van der Waals surface area contributed by atoms with Crippen LogP contribution in [0.2, 0.25) is 0 Å². The fourth-order valence-electron chi connectivity index (χ4n) is 3.02. The SMILES string of the molecule is O=C(CCc1cccnc1)CCC1CCC(CO)CC1. The predicted molar refractivity (Wildman–Crippen MR) is 79.3 cm³/mol. The van der Waals surface area contributed by atoms with Gasteiger partial charge in [0.15, 0.2) is 0 Å². The molecule has 1 aromatic rings. The number of aryl methyl sites for hydroxylation is 1. The Bertz CT molecular complexity index is 397. The minimum atomic E-state index is 0.330. The molecule has 1 fully saturated rings. The number of aliphatic hydroxyl groups excluding tert-OH is 1. The van der Waals surface area contributed by atoms with Gasteiger partial charge in [-0.3, -0.25) is 9.78 Å². The van der Waals surface area contributed by atoms with Gasteiger partial charge in [0.1, 0.15) is 5.78 Å². The first-order valence-electron chi connectivity index (χ1n) is 7.79. The molecule has 0 bridgehead atoms. The normalized spacial score (nSPS) is 22.6. The fraction of sp³-hybridized carbons (Fsp3) is 0.647. The van der Waals surface area contributed by atoms with E-state index >= 15 is 0 Å². The molecular formula is C17H25NO2. The lowest BCUT2D eigenvalue weighted by Crippen LogP contribution is -2.18. The molecule has 3 nitrogen and oxygen atoms in total. The number of aliphatic hydroxyl groups is 1. The highest BCUT2D eigenvalue weighted by atomic mass is 16.3. The van der Waals surface area contributed by atoms with Gasteiger partial charge in [-0.1, -0.05) is 18.9 Å². The maximum absolute atomic E-state index is 11.9. The van der Waals surface area contributed by atoms with Crippen LogP contribution in [0, 0.1) is 11.8 Å². The summed E-state index contributed by atoms with van der Waals surface area (Å²) >= 11 is 0. The lowest BCUT2D eigenvalue weighted by molar-refractivity contribution is -0.119. The third kappa shape index (κ3) is 5.04. The Balaban J connectivity index is 1.61. The highest BCUT2D eigenvalue weighted by molar-refractivity contribution is 5.78. The highest BCUT2D eigenvalue weighted by Gasteiger charge is 2.20. The van der Waals surface area contributed by atoms with Gasteiger partial charge in [-0.15, -0.1) is 0 Å². The Morgan fingerprint density at radius 1 is 1.20 bits per heavy atom. The monoisotopic (exact) mass is 275 g/mol. The van der Waals surface area contributed by atoms with Crippen molar-refractivity contribution < 1.29 is 9.90 Å². The van der Waals surface area contributed by atoms with Crippen LogP contribution in [0.3, 0.4) is 0 Å². The summed E-state index contributed by atoms with van der Waals surface area (Å²) in [7, 11) is 0. The molecule has 3 heteroatoms. The Labute approximate surface area is 121 Å². The molecule has 1 N–H and O–H groups in total. The standard InChI is InChI=1S/C17H25NO2/c19-13-16-5-3-14(4-6-16)7-9-17(20)10-8-15-2-1-11-18-12-15/h1-2,11-12,14,16,19H,3-10,13H2. The first-order valence-corrected chi connectivity index (χ1v) is 7.79. The van der Waals surface area contributed by atoms with Gasteiger partial charge in [0.2, 0.25) is 0 Å². The molecule has 1 aliphatic rings. The fourth-order valence-corrected chi connectivity index (χ4v) is 3.02. The van der Waals surface area contributed by atoms with Crippen LogP contribution in [0.5, 0.6) is 0 Å². The molecule has 0 radical (unpaired) electrons. The summed E-state index contributed by atoms with van der Waals surface area (Å²) in [6.07, 6.45) is 11.4. The van der Waals surface area contributed by atoms with Gasteiger partial charge in [0.05, 0.1) is 0 Å². The number of rotatable bonds is 7. The average molecular weight is 275 g/mol. The van der Waals surface area contributed by atoms with E-state index in [0.29, 0.717) is 37.1 Å². The molecule has 1 aliphatic carbocycles. The molecule has 0 aromatic carbocycles. The Morgan fingerprint density at radius 2 is 1.95 bits per heavy atom. The summed E-state index contributed by atoms with van der Waals surface area (Å²) in [5, 5.41) is 9.11. The van der Waals surface area contributed by atoms with Crippen LogP contribution >= 0.6 is 0 Å². The van der Waals surface area contributed by atoms with Gasteiger partial charge < -0.3 is 5.11 Å². The van der Waals surface area contributed by atoms with Crippen LogP contribution in [-0.2, 0) is 11.2 Å². The van der Waals surface area contributed by atoms with Gasteiger partial charge in [0, 0.05) is 31.8 Å². The van der Waals surface area contributed by atoms with E-state index in [-0.39, 0.29) is 0 Å². The smallest absolute Gasteiger partial charge is 0.133 e. The summed E-state index contributed by atoms with van der Waals surface area (Å²) in [6.45, 7) is 0.330. The van der Waals surface area contributed by atoms with Crippen LogP contribution in [0.15, 0.2) is 24.5 Å². The van der Waals surface area contributed by atoms with E-state index < -0.39 is 0 Å². The van der Waals surface area contributed by atoms with Gasteiger partial charge in [-0.05, 0) is 49.1 Å². The molecule has 20 heavy (non-hydrogen) atoms. The van der Waals surface area contributed by atoms with Crippen LogP contribution in [0.1, 0.15) is 50.5 Å². The number of Topliss-reactive ketones (excluding diaryl/α,β-unsaturated/α-hetero) is 1. The van der Waals surface area contributed by atoms with Crippen molar-refractivity contribution in [1.29, 1.82) is 0 Å². The number of nitrogens with zero attached hydrogens (tertiary/aromatic N) is 1. The van der Waals surface area contributed by atoms with E-state index in [1.165, 1.54) is 12.8 Å². The number of pyridine rings is 1. The molecule has 110 valence electrons. The molecule has 0 amide bonds. The Hall–Kier alpha value is -1.22. The highest BCUT2D eigenvalue weighted by Crippen LogP contribution is 2.31. The van der Waals surface area contributed by atoms with E-state index in [2.05, 4.69) is 4.98 Å². The van der Waals surface area contributed by atoms with Gasteiger partial charge >= 0.3 is 0 Å². The Morgan fingerprint density at radius 3 is 2.60 bits per heavy atom. The maximum Gasteiger partial charge on any atom is 0.133 e. The second-order valence-corrected chi connectivity index (χ2v) is 6.01. The zero-order valence-corrected chi connectivity index (χ0v) is 12.1. The van der Waals surface area contributed by atoms with E-state index in [4.69, 9.17) is 5.11 Å². The summed E-state index contributed by atoms with van der Waals surface area (Å²) in [5.74, 6) is 1.57. The van der Waals surface area contributed by atoms with Crippen LogP contribution < -0.4 is 0 Å². The first-order chi connectivity index (χ1) is 9.78. The summed E-state index contributed by atoms with van der Waals surface area (Å²) in [4.78, 5) is 16.0. The molecule has 2 rings (SSSR count). The topological polar surface area (TPSA) is 50.2 Å². The first kappa shape index (κ1) is 15.2. The zero-order chi connectivity index (χ0) is 14.2. The van der Waals surface area contributed by atoms with Crippen molar-refractivity contribution in [1.82, 2.24) is 4.98 Å². The summed E-state index contributed by atoms with van der Waals surface area (Å²) in [5.41, 5.74) is 1.14. The Kier molecular flexibility index (Phi) is 6.19. The second kappa shape index (κ2) is 8.15. The van der Waals surface area contributed by atoms with Gasteiger partial charge in [-0.2, -0.15) is 0 Å². The number of hydrogen-bond donors (Lipinski definition) is 1. The van der Waals surface area contributed by atoms with E-state index in [1.807, 2.05) is 18.3 Å². The van der Waals surface area contributed by atoms with Crippen LogP contribution in [0.25, 0.3) is 0 Å². The summed E-state index contributed by atoms with van der Waals surface area (Å²) in [6, 6.07) is 3.94. The third-order valence-corrected chi connectivity index (χ3v) is 4.47. The zero-order valence-electron chi connectivity index (χ0n) is 12.1. The average Bonchev–Trinajstić information content (AvgIpc) is 2.52. The molecule has 1 saturated carbocycles. The number of carbonyl (C=O) groups is 1. The number of ketones is 1. The van der Waals surface area contributed by atoms with Crippen LogP contribution in [0.4, 0.5) is 0 Å². The van der Waals surface area contributed by atoms with Crippen molar-refractivity contribution >= 4 is 5.78 Å². The molecule has 0 unspecified atom stereocenters. The summed E-state index contributed by atoms with van der Waals surface area (Å²) < 4.78 is 0. The molecule has 1 aromatic heterocycles. The molecule has 0 aliphatic heterocycles. The molecule has 0 atom stereocenters. The van der Waals surface area contributed by atoms with E-state index in [9.17, 15) is 4.79 Å².